The summed E-state index contributed by atoms with van der Waals surface area (Å²) in [5.74, 6) is 1.45. The van der Waals surface area contributed by atoms with Gasteiger partial charge in [-0.25, -0.2) is 0 Å². The van der Waals surface area contributed by atoms with E-state index < -0.39 is 0 Å². The van der Waals surface area contributed by atoms with E-state index in [-0.39, 0.29) is 11.8 Å². The minimum atomic E-state index is 0.167. The molecule has 4 heteroatoms. The molecule has 0 aromatic rings. The van der Waals surface area contributed by atoms with Crippen molar-refractivity contribution in [3.05, 3.63) is 0 Å². The number of hydrogen-bond donors (Lipinski definition) is 2. The molecule has 19 heavy (non-hydrogen) atoms. The van der Waals surface area contributed by atoms with Crippen molar-refractivity contribution >= 4 is 5.91 Å². The highest BCUT2D eigenvalue weighted by molar-refractivity contribution is 5.79. The highest BCUT2D eigenvalue weighted by atomic mass is 16.1. The van der Waals surface area contributed by atoms with Crippen LogP contribution in [0.3, 0.4) is 0 Å². The lowest BCUT2D eigenvalue weighted by atomic mass is 9.78. The van der Waals surface area contributed by atoms with E-state index in [2.05, 4.69) is 17.3 Å². The molecule has 0 spiro atoms. The van der Waals surface area contributed by atoms with E-state index in [4.69, 9.17) is 5.73 Å². The molecular formula is C15H29N3O. The monoisotopic (exact) mass is 267 g/mol. The van der Waals surface area contributed by atoms with Crippen LogP contribution in [-0.2, 0) is 4.79 Å². The van der Waals surface area contributed by atoms with Crippen molar-refractivity contribution in [2.75, 3.05) is 33.2 Å². The van der Waals surface area contributed by atoms with Crippen molar-refractivity contribution in [1.82, 2.24) is 10.2 Å². The first-order valence-electron chi connectivity index (χ1n) is 7.87. The third kappa shape index (κ3) is 4.18. The summed E-state index contributed by atoms with van der Waals surface area (Å²) in [6.45, 7) is 3.81. The molecule has 1 saturated heterocycles. The highest BCUT2D eigenvalue weighted by Crippen LogP contribution is 2.29. The first-order valence-corrected chi connectivity index (χ1v) is 7.87. The smallest absolute Gasteiger partial charge is 0.223 e. The predicted octanol–water partition coefficient (Wildman–Crippen LogP) is 1.21. The molecule has 0 radical (unpaired) electrons. The van der Waals surface area contributed by atoms with Crippen LogP contribution in [0, 0.1) is 17.8 Å². The molecular weight excluding hydrogens is 238 g/mol. The second kappa shape index (κ2) is 7.25. The van der Waals surface area contributed by atoms with Crippen LogP contribution in [0.25, 0.3) is 0 Å². The van der Waals surface area contributed by atoms with Crippen LogP contribution < -0.4 is 11.1 Å². The molecule has 1 saturated carbocycles. The van der Waals surface area contributed by atoms with Gasteiger partial charge in [-0.15, -0.1) is 0 Å². The van der Waals surface area contributed by atoms with Gasteiger partial charge >= 0.3 is 0 Å². The summed E-state index contributed by atoms with van der Waals surface area (Å²) in [7, 11) is 2.17. The number of piperidine rings is 1. The molecule has 2 aliphatic rings. The zero-order valence-electron chi connectivity index (χ0n) is 12.2. The molecule has 0 aromatic carbocycles. The summed E-state index contributed by atoms with van der Waals surface area (Å²) in [5, 5.41) is 3.19. The second-order valence-electron chi connectivity index (χ2n) is 6.40. The van der Waals surface area contributed by atoms with E-state index in [1.165, 1.54) is 32.2 Å². The number of nitrogens with two attached hydrogens (primary N) is 1. The zero-order chi connectivity index (χ0) is 13.7. The highest BCUT2D eigenvalue weighted by Gasteiger charge is 2.30. The number of carbonyl (C=O) groups excluding carboxylic acids is 1. The van der Waals surface area contributed by atoms with E-state index in [1.807, 2.05) is 0 Å². The maximum absolute atomic E-state index is 12.3. The van der Waals surface area contributed by atoms with Gasteiger partial charge in [-0.05, 0) is 57.7 Å². The van der Waals surface area contributed by atoms with Crippen LogP contribution >= 0.6 is 0 Å². The quantitative estimate of drug-likeness (QED) is 0.805. The fourth-order valence-electron chi connectivity index (χ4n) is 3.65. The van der Waals surface area contributed by atoms with Crippen LogP contribution in [0.15, 0.2) is 0 Å². The normalized spacial score (nSPS) is 33.1. The molecule has 4 nitrogen and oxygen atoms in total. The minimum Gasteiger partial charge on any atom is -0.356 e. The first-order chi connectivity index (χ1) is 9.20. The van der Waals surface area contributed by atoms with Crippen molar-refractivity contribution in [1.29, 1.82) is 0 Å². The molecule has 3 N–H and O–H groups in total. The SMILES string of the molecule is CN1CCCC(CNC(=O)C2CCCCC2CN)C1. The number of nitrogens with zero attached hydrogens (tertiary/aromatic N) is 1. The average molecular weight is 267 g/mol. The van der Waals surface area contributed by atoms with E-state index in [9.17, 15) is 4.79 Å². The number of likely N-dealkylation sites (tertiary alicyclic amines) is 1. The van der Waals surface area contributed by atoms with Crippen LogP contribution in [0.4, 0.5) is 0 Å². The van der Waals surface area contributed by atoms with Gasteiger partial charge in [0.1, 0.15) is 0 Å². The van der Waals surface area contributed by atoms with Gasteiger partial charge in [0, 0.05) is 19.0 Å². The lowest BCUT2D eigenvalue weighted by Gasteiger charge is -2.32. The Kier molecular flexibility index (Phi) is 5.64. The van der Waals surface area contributed by atoms with E-state index in [0.717, 1.165) is 25.9 Å². The number of amides is 1. The molecule has 1 heterocycles. The largest absolute Gasteiger partial charge is 0.356 e. The Balaban J connectivity index is 1.76. The summed E-state index contributed by atoms with van der Waals surface area (Å²) >= 11 is 0. The van der Waals surface area contributed by atoms with Crippen molar-refractivity contribution in [3.8, 4) is 0 Å². The molecule has 1 amide bonds. The summed E-state index contributed by atoms with van der Waals surface area (Å²) in [6.07, 6.45) is 7.07. The van der Waals surface area contributed by atoms with E-state index in [1.54, 1.807) is 0 Å². The Labute approximate surface area is 117 Å². The van der Waals surface area contributed by atoms with E-state index >= 15 is 0 Å². The van der Waals surface area contributed by atoms with Gasteiger partial charge in [-0.2, -0.15) is 0 Å². The third-order valence-corrected chi connectivity index (χ3v) is 4.84. The summed E-state index contributed by atoms with van der Waals surface area (Å²) in [5.41, 5.74) is 5.80. The fourth-order valence-corrected chi connectivity index (χ4v) is 3.65. The van der Waals surface area contributed by atoms with Gasteiger partial charge in [0.05, 0.1) is 0 Å². The van der Waals surface area contributed by atoms with Gasteiger partial charge in [0.2, 0.25) is 5.91 Å². The Bertz CT molecular complexity index is 295. The maximum Gasteiger partial charge on any atom is 0.223 e. The molecule has 110 valence electrons. The molecule has 2 fully saturated rings. The summed E-state index contributed by atoms with van der Waals surface area (Å²) in [6, 6.07) is 0. The standard InChI is InChI=1S/C15H29N3O/c1-18-8-4-5-12(11-18)10-17-15(19)14-7-3-2-6-13(14)9-16/h12-14H,2-11,16H2,1H3,(H,17,19). The van der Waals surface area contributed by atoms with Crippen LogP contribution in [-0.4, -0.2) is 44.0 Å². The lowest BCUT2D eigenvalue weighted by molar-refractivity contribution is -0.127. The number of nitrogens with one attached hydrogen (secondary N) is 1. The molecule has 1 aliphatic heterocycles. The molecule has 0 bridgehead atoms. The predicted molar refractivity (Wildman–Crippen MR) is 77.7 cm³/mol. The van der Waals surface area contributed by atoms with E-state index in [0.29, 0.717) is 18.4 Å². The summed E-state index contributed by atoms with van der Waals surface area (Å²) in [4.78, 5) is 14.7. The van der Waals surface area contributed by atoms with Crippen LogP contribution in [0.2, 0.25) is 0 Å². The van der Waals surface area contributed by atoms with Gasteiger partial charge in [-0.3, -0.25) is 4.79 Å². The van der Waals surface area contributed by atoms with Gasteiger partial charge in [0.25, 0.3) is 0 Å². The molecule has 0 aromatic heterocycles. The Morgan fingerprint density at radius 1 is 1.26 bits per heavy atom. The number of hydrogen-bond acceptors (Lipinski definition) is 3. The Hall–Kier alpha value is -0.610. The first kappa shape index (κ1) is 14.8. The maximum atomic E-state index is 12.3. The minimum absolute atomic E-state index is 0.167. The van der Waals surface area contributed by atoms with Crippen molar-refractivity contribution in [3.63, 3.8) is 0 Å². The fraction of sp³-hybridized carbons (Fsp3) is 0.933. The Morgan fingerprint density at radius 3 is 2.79 bits per heavy atom. The van der Waals surface area contributed by atoms with Crippen molar-refractivity contribution in [2.45, 2.75) is 38.5 Å². The number of carbonyl (C=O) groups is 1. The third-order valence-electron chi connectivity index (χ3n) is 4.84. The van der Waals surface area contributed by atoms with Crippen LogP contribution in [0.1, 0.15) is 38.5 Å². The summed E-state index contributed by atoms with van der Waals surface area (Å²) < 4.78 is 0. The average Bonchev–Trinajstić information content (AvgIpc) is 2.45. The molecule has 1 aliphatic carbocycles. The van der Waals surface area contributed by atoms with Crippen molar-refractivity contribution < 1.29 is 4.79 Å². The van der Waals surface area contributed by atoms with Gasteiger partial charge in [-0.1, -0.05) is 12.8 Å². The number of rotatable bonds is 4. The topological polar surface area (TPSA) is 58.4 Å². The van der Waals surface area contributed by atoms with Crippen molar-refractivity contribution in [2.24, 2.45) is 23.5 Å². The van der Waals surface area contributed by atoms with Gasteiger partial charge in [0.15, 0.2) is 0 Å². The molecule has 2 rings (SSSR count). The zero-order valence-corrected chi connectivity index (χ0v) is 12.2. The Morgan fingerprint density at radius 2 is 2.05 bits per heavy atom. The van der Waals surface area contributed by atoms with Crippen LogP contribution in [0.5, 0.6) is 0 Å². The molecule has 3 unspecified atom stereocenters. The molecule has 3 atom stereocenters. The lowest BCUT2D eigenvalue weighted by Crippen LogP contribution is -2.43. The second-order valence-corrected chi connectivity index (χ2v) is 6.40. The van der Waals surface area contributed by atoms with Gasteiger partial charge < -0.3 is 16.0 Å².